The number of carbonyl (C=O) groups excluding carboxylic acids is 1. The van der Waals surface area contributed by atoms with Crippen molar-refractivity contribution in [2.45, 2.75) is 37.5 Å². The Morgan fingerprint density at radius 3 is 2.55 bits per heavy atom. The molecule has 0 spiro atoms. The molecule has 0 radical (unpaired) electrons. The third-order valence-electron chi connectivity index (χ3n) is 6.41. The maximum atomic E-state index is 14.7. The molecule has 2 aromatic heterocycles. The van der Waals surface area contributed by atoms with Gasteiger partial charge in [-0.05, 0) is 68.0 Å². The lowest BCUT2D eigenvalue weighted by atomic mass is 9.95. The summed E-state index contributed by atoms with van der Waals surface area (Å²) in [7, 11) is -2.35. The van der Waals surface area contributed by atoms with E-state index in [0.717, 1.165) is 35.4 Å². The van der Waals surface area contributed by atoms with Crippen LogP contribution in [0, 0.1) is 17.6 Å². The van der Waals surface area contributed by atoms with Crippen LogP contribution in [0.3, 0.4) is 0 Å². The largest absolute Gasteiger partial charge is 0.476 e. The summed E-state index contributed by atoms with van der Waals surface area (Å²) in [6.45, 7) is 1.27. The molecule has 0 aliphatic heterocycles. The average Bonchev–Trinajstić information content (AvgIpc) is 3.42. The maximum Gasteiger partial charge on any atom is 0.355 e. The highest BCUT2D eigenvalue weighted by molar-refractivity contribution is 7.82. The Morgan fingerprint density at radius 1 is 1.18 bits per heavy atom. The monoisotopic (exact) mass is 557 g/mol. The number of nitrogens with zero attached hydrogens (tertiary/aromatic N) is 3. The number of carboxylic acids is 1. The zero-order valence-corrected chi connectivity index (χ0v) is 21.9. The minimum absolute atomic E-state index is 0.0773. The number of nitrogens with two attached hydrogens (primary N) is 1. The van der Waals surface area contributed by atoms with Crippen molar-refractivity contribution in [2.75, 3.05) is 0 Å². The molecule has 0 amide bonds. The van der Waals surface area contributed by atoms with Crippen molar-refractivity contribution in [3.8, 4) is 16.4 Å². The third kappa shape index (κ3) is 5.19. The van der Waals surface area contributed by atoms with Crippen LogP contribution >= 0.6 is 11.3 Å². The Kier molecular flexibility index (Phi) is 7.03. The molecule has 1 aliphatic rings. The minimum Gasteiger partial charge on any atom is -0.476 e. The molecule has 4 aromatic rings. The highest BCUT2D eigenvalue weighted by Crippen LogP contribution is 2.38. The number of ketones is 1. The Hall–Kier alpha value is -3.61. The molecule has 0 saturated heterocycles. The number of rotatable bonds is 9. The van der Waals surface area contributed by atoms with E-state index in [9.17, 15) is 27.7 Å². The molecule has 1 saturated carbocycles. The molecular weight excluding hydrogens is 534 g/mol. The predicted molar refractivity (Wildman–Crippen MR) is 139 cm³/mol. The van der Waals surface area contributed by atoms with Crippen LogP contribution in [-0.2, 0) is 28.0 Å². The van der Waals surface area contributed by atoms with Gasteiger partial charge in [0.15, 0.2) is 28.3 Å². The molecule has 0 bridgehead atoms. The molecule has 1 atom stereocenters. The maximum absolute atomic E-state index is 14.7. The van der Waals surface area contributed by atoms with Gasteiger partial charge in [-0.15, -0.1) is 16.5 Å². The van der Waals surface area contributed by atoms with Crippen LogP contribution in [0.25, 0.3) is 16.4 Å². The molecule has 1 fully saturated rings. The predicted octanol–water partition coefficient (Wildman–Crippen LogP) is 4.65. The summed E-state index contributed by atoms with van der Waals surface area (Å²) in [5, 5.41) is 21.3. The van der Waals surface area contributed by atoms with Gasteiger partial charge in [0.05, 0.1) is 17.0 Å². The number of Topliss-reactive ketones (excluding diaryl/α,β-unsaturated/α-hetero) is 1. The Morgan fingerprint density at radius 2 is 1.95 bits per heavy atom. The molecule has 2 aromatic carbocycles. The summed E-state index contributed by atoms with van der Waals surface area (Å²) in [5.74, 6) is -2.54. The second kappa shape index (κ2) is 10.3. The van der Waals surface area contributed by atoms with Crippen molar-refractivity contribution in [3.63, 3.8) is 0 Å². The first-order chi connectivity index (χ1) is 18.1. The van der Waals surface area contributed by atoms with Crippen molar-refractivity contribution < 1.29 is 27.7 Å². The van der Waals surface area contributed by atoms with Gasteiger partial charge in [0.1, 0.15) is 5.82 Å². The van der Waals surface area contributed by atoms with Crippen molar-refractivity contribution >= 4 is 34.1 Å². The lowest BCUT2D eigenvalue weighted by molar-refractivity contribution is 0.0691. The number of hydrogen-bond donors (Lipinski definition) is 2. The van der Waals surface area contributed by atoms with Gasteiger partial charge in [-0.1, -0.05) is 10.3 Å². The fourth-order valence-corrected chi connectivity index (χ4v) is 5.58. The highest BCUT2D eigenvalue weighted by Gasteiger charge is 2.30. The first kappa shape index (κ1) is 26.0. The van der Waals surface area contributed by atoms with E-state index < -0.39 is 34.4 Å². The summed E-state index contributed by atoms with van der Waals surface area (Å²) in [4.78, 5) is 27.7. The normalized spacial score (nSPS) is 14.0. The Bertz CT molecular complexity index is 1610. The van der Waals surface area contributed by atoms with Gasteiger partial charge in [-0.2, -0.15) is 5.10 Å². The number of thiol groups is 1. The van der Waals surface area contributed by atoms with Crippen LogP contribution < -0.4 is 5.14 Å². The van der Waals surface area contributed by atoms with Gasteiger partial charge < -0.3 is 5.11 Å². The Balaban J connectivity index is 1.71. The summed E-state index contributed by atoms with van der Waals surface area (Å²) < 4.78 is 42.3. The number of carboxylic acid groups (broad SMARTS) is 1. The number of hydrogen-bond acceptors (Lipinski definition) is 6. The van der Waals surface area contributed by atoms with Gasteiger partial charge in [0.25, 0.3) is 0 Å². The van der Waals surface area contributed by atoms with Crippen molar-refractivity contribution in [2.24, 2.45) is 11.1 Å². The first-order valence-electron chi connectivity index (χ1n) is 11.7. The average molecular weight is 558 g/mol. The molecule has 5 rings (SSSR count). The minimum atomic E-state index is -2.35. The van der Waals surface area contributed by atoms with Gasteiger partial charge in [-0.25, -0.2) is 23.2 Å². The molecule has 1 unspecified atom stereocenters. The molecule has 12 heteroatoms. The van der Waals surface area contributed by atoms with E-state index in [2.05, 4.69) is 4.98 Å². The van der Waals surface area contributed by atoms with Crippen molar-refractivity contribution in [1.29, 1.82) is 0 Å². The van der Waals surface area contributed by atoms with E-state index in [1.54, 1.807) is 10.7 Å². The smallest absolute Gasteiger partial charge is 0.355 e. The van der Waals surface area contributed by atoms with E-state index in [4.69, 9.17) is 10.2 Å². The summed E-state index contributed by atoms with van der Waals surface area (Å²) in [5.41, 5.74) is 2.79. The lowest BCUT2D eigenvalue weighted by Crippen LogP contribution is -2.07. The van der Waals surface area contributed by atoms with E-state index >= 15 is 0 Å². The summed E-state index contributed by atoms with van der Waals surface area (Å²) in [6.07, 6.45) is 2.90. The van der Waals surface area contributed by atoms with E-state index in [1.807, 2.05) is 0 Å². The van der Waals surface area contributed by atoms with E-state index in [1.165, 1.54) is 42.6 Å². The molecule has 2 heterocycles. The number of aromatic carboxylic acids is 1. The van der Waals surface area contributed by atoms with E-state index in [-0.39, 0.29) is 22.6 Å². The number of benzene rings is 2. The fourth-order valence-electron chi connectivity index (χ4n) is 4.31. The third-order valence-corrected chi connectivity index (χ3v) is 8.06. The van der Waals surface area contributed by atoms with Gasteiger partial charge >= 0.3 is 5.97 Å². The van der Waals surface area contributed by atoms with Crippen LogP contribution in [-0.4, -0.2) is 31.6 Å². The van der Waals surface area contributed by atoms with Crippen LogP contribution in [0.1, 0.15) is 57.4 Å². The van der Waals surface area contributed by atoms with Crippen molar-refractivity contribution in [3.05, 3.63) is 81.5 Å². The number of carbonyl (C=O) groups is 2. The number of aromatic nitrogens is 3. The van der Waals surface area contributed by atoms with Crippen LogP contribution in [0.4, 0.5) is 8.78 Å². The lowest BCUT2D eigenvalue weighted by Gasteiger charge is -2.09. The number of thiazole rings is 1. The molecule has 196 valence electrons. The van der Waals surface area contributed by atoms with Gasteiger partial charge in [0, 0.05) is 22.9 Å². The second-order valence-electron chi connectivity index (χ2n) is 9.19. The first-order valence-corrected chi connectivity index (χ1v) is 13.9. The van der Waals surface area contributed by atoms with Crippen LogP contribution in [0.15, 0.2) is 46.7 Å². The van der Waals surface area contributed by atoms with Gasteiger partial charge in [-0.3, -0.25) is 4.79 Å². The zero-order chi connectivity index (χ0) is 27.1. The molecular formula is C26H23F2N4O4S2+. The molecule has 1 aliphatic carbocycles. The van der Waals surface area contributed by atoms with Gasteiger partial charge in [0.2, 0.25) is 10.0 Å². The topological polar surface area (TPSA) is 128 Å². The molecule has 3 N–H and O–H groups in total. The van der Waals surface area contributed by atoms with E-state index in [0.29, 0.717) is 34.3 Å². The summed E-state index contributed by atoms with van der Waals surface area (Å²) in [6, 6.07) is 8.45. The highest BCUT2D eigenvalue weighted by atomic mass is 32.2. The second-order valence-corrected chi connectivity index (χ2v) is 11.2. The van der Waals surface area contributed by atoms with Crippen LogP contribution in [0.2, 0.25) is 0 Å². The standard InChI is InChI=1S/C26H22F2N4O4S2/c1-13(33)17-11-16(5-6-19(17)27)24-18(8-15-4-7-23(38(29)36)20(28)9-15)22(10-14-2-3-14)32(31-24)26-30-21(12-37-26)25(34)35/h4-7,9,11-12,14H,2-3,8,10H2,1H3,(H2,29,36)(H,34,35)/p+1. The molecule has 8 nitrogen and oxygen atoms in total. The van der Waals surface area contributed by atoms with Crippen LogP contribution in [0.5, 0.6) is 0 Å². The zero-order valence-electron chi connectivity index (χ0n) is 20.1. The Labute approximate surface area is 222 Å². The SMILES string of the molecule is CC(=O)c1cc(-c2nn(-c3nc(C(=O)O)cs3)c(CC3CC3)c2Cc2ccc([SH+](N)=O)c(F)c2)ccc1F. The fraction of sp³-hybridized carbons (Fsp3) is 0.231. The quantitative estimate of drug-likeness (QED) is 0.175. The number of halogens is 2. The van der Waals surface area contributed by atoms with Crippen molar-refractivity contribution in [1.82, 2.24) is 14.8 Å². The molecule has 38 heavy (non-hydrogen) atoms. The summed E-state index contributed by atoms with van der Waals surface area (Å²) >= 11 is 1.12.